The predicted molar refractivity (Wildman–Crippen MR) is 280 cm³/mol. The van der Waals surface area contributed by atoms with Crippen molar-refractivity contribution < 1.29 is 32.3 Å². The van der Waals surface area contributed by atoms with Crippen molar-refractivity contribution in [2.45, 2.75) is 258 Å². The number of rotatable bonds is 28. The van der Waals surface area contributed by atoms with Crippen LogP contribution < -0.4 is 5.19 Å². The van der Waals surface area contributed by atoms with Crippen LogP contribution >= 0.6 is 0 Å². The van der Waals surface area contributed by atoms with Crippen LogP contribution in [-0.4, -0.2) is 72.7 Å². The Morgan fingerprint density at radius 1 is 0.619 bits per heavy atom. The molecule has 0 aromatic heterocycles. The molecule has 9 unspecified atom stereocenters. The summed E-state index contributed by atoms with van der Waals surface area (Å²) < 4.78 is 35.9. The second-order valence-electron chi connectivity index (χ2n) is 22.4. The number of benzene rings is 1. The highest BCUT2D eigenvalue weighted by Gasteiger charge is 2.61. The lowest BCUT2D eigenvalue weighted by atomic mass is 9.88. The minimum Gasteiger partial charge on any atom is -0.459 e. The second-order valence-corrected chi connectivity index (χ2v) is 40.5. The second kappa shape index (κ2) is 22.0. The standard InChI is InChI=1S/C52H98O7Si4/c1-26-43(55-45(53)40(8)9)38-48(14,28-3)60(19,20)51(17,31-6)59-63(25,44-36-34-33-35-37-44)42(12)50(16,30-5)57-62(23,24)52(18,32-7)58-61(21,22)49(15,29-4)39-47(13,27-2)56-46(54)41(10)11/h33-37,42-43H,8,10,26-32,38-39H2,1-7,9,11-25H3. The summed E-state index contributed by atoms with van der Waals surface area (Å²) in [4.78, 5) is 25.6. The molecule has 0 radical (unpaired) electrons. The van der Waals surface area contributed by atoms with Gasteiger partial charge < -0.3 is 22.8 Å². The molecule has 11 heteroatoms. The lowest BCUT2D eigenvalue weighted by molar-refractivity contribution is -0.155. The lowest BCUT2D eigenvalue weighted by Crippen LogP contribution is -2.70. The molecule has 0 amide bonds. The van der Waals surface area contributed by atoms with E-state index in [1.165, 1.54) is 5.19 Å². The quantitative estimate of drug-likeness (QED) is 0.0470. The summed E-state index contributed by atoms with van der Waals surface area (Å²) in [5.41, 5.74) is -0.250. The molecule has 0 saturated carbocycles. The van der Waals surface area contributed by atoms with Gasteiger partial charge in [0, 0.05) is 21.9 Å². The molecule has 364 valence electrons. The fourth-order valence-corrected chi connectivity index (χ4v) is 27.1. The SMILES string of the molecule is C=C(C)C(=O)OC(CC)CC(C)(CC)[Si](C)(C)C(C)(CC)O[Si](C)(c1ccccc1)C(C)C(C)(CC)O[Si](C)(C)C(C)(CC)O[Si](C)(C)C(C)(CC)CC(C)(CC)OC(=O)C(=C)C. The van der Waals surface area contributed by atoms with Gasteiger partial charge in [0.25, 0.3) is 0 Å². The molecule has 0 saturated heterocycles. The third-order valence-electron chi connectivity index (χ3n) is 17.6. The summed E-state index contributed by atoms with van der Waals surface area (Å²) in [5.74, 6) is -0.647. The molecular formula is C52H98O7Si4. The van der Waals surface area contributed by atoms with Crippen molar-refractivity contribution in [2.24, 2.45) is 0 Å². The zero-order valence-electron chi connectivity index (χ0n) is 45.2. The molecule has 1 rings (SSSR count). The van der Waals surface area contributed by atoms with E-state index in [2.05, 4.69) is 186 Å². The smallest absolute Gasteiger partial charge is 0.333 e. The molecule has 0 heterocycles. The highest BCUT2D eigenvalue weighted by Crippen LogP contribution is 2.56. The Labute approximate surface area is 393 Å². The summed E-state index contributed by atoms with van der Waals surface area (Å²) in [6.45, 7) is 59.9. The van der Waals surface area contributed by atoms with Gasteiger partial charge in [-0.15, -0.1) is 0 Å². The van der Waals surface area contributed by atoms with E-state index in [-0.39, 0.29) is 33.7 Å². The number of hydrogen-bond acceptors (Lipinski definition) is 7. The van der Waals surface area contributed by atoms with E-state index in [0.29, 0.717) is 24.0 Å². The number of carbonyl (C=O) groups is 2. The van der Waals surface area contributed by atoms with Gasteiger partial charge in [-0.1, -0.05) is 139 Å². The molecule has 0 N–H and O–H groups in total. The molecule has 0 fully saturated rings. The van der Waals surface area contributed by atoms with Gasteiger partial charge in [-0.2, -0.15) is 0 Å². The Morgan fingerprint density at radius 3 is 1.51 bits per heavy atom. The maximum absolute atomic E-state index is 12.9. The van der Waals surface area contributed by atoms with Crippen molar-refractivity contribution >= 4 is 50.2 Å². The van der Waals surface area contributed by atoms with Gasteiger partial charge in [-0.25, -0.2) is 9.59 Å². The third-order valence-corrected chi connectivity index (χ3v) is 37.7. The highest BCUT2D eigenvalue weighted by atomic mass is 28.4. The van der Waals surface area contributed by atoms with Gasteiger partial charge in [0.2, 0.25) is 16.6 Å². The first-order valence-corrected chi connectivity index (χ1v) is 35.8. The zero-order valence-corrected chi connectivity index (χ0v) is 49.2. The molecule has 9 atom stereocenters. The van der Waals surface area contributed by atoms with Crippen LogP contribution in [0.1, 0.15) is 169 Å². The van der Waals surface area contributed by atoms with E-state index >= 15 is 0 Å². The molecule has 63 heavy (non-hydrogen) atoms. The van der Waals surface area contributed by atoms with Gasteiger partial charge in [0.15, 0.2) is 8.32 Å². The van der Waals surface area contributed by atoms with Crippen molar-refractivity contribution in [2.75, 3.05) is 0 Å². The maximum Gasteiger partial charge on any atom is 0.333 e. The fraction of sp³-hybridized carbons (Fsp3) is 0.769. The molecule has 0 bridgehead atoms. The largest absolute Gasteiger partial charge is 0.459 e. The first-order chi connectivity index (χ1) is 28.5. The molecule has 0 spiro atoms. The Morgan fingerprint density at radius 2 is 1.11 bits per heavy atom. The van der Waals surface area contributed by atoms with Crippen LogP contribution in [0, 0.1) is 0 Å². The van der Waals surface area contributed by atoms with Crippen LogP contribution in [0.5, 0.6) is 0 Å². The Balaban J connectivity index is 3.91. The Kier molecular flexibility index (Phi) is 20.7. The highest BCUT2D eigenvalue weighted by molar-refractivity contribution is 6.89. The van der Waals surface area contributed by atoms with E-state index in [4.69, 9.17) is 22.8 Å². The number of hydrogen-bond donors (Lipinski definition) is 0. The molecular weight excluding hydrogens is 849 g/mol. The van der Waals surface area contributed by atoms with Gasteiger partial charge in [0.05, 0.1) is 18.9 Å². The lowest BCUT2D eigenvalue weighted by Gasteiger charge is -2.59. The van der Waals surface area contributed by atoms with Crippen molar-refractivity contribution in [3.05, 3.63) is 54.6 Å². The van der Waals surface area contributed by atoms with Crippen molar-refractivity contribution in [1.29, 1.82) is 0 Å². The molecule has 0 aliphatic heterocycles. The van der Waals surface area contributed by atoms with E-state index in [1.807, 2.05) is 0 Å². The van der Waals surface area contributed by atoms with E-state index in [1.54, 1.807) is 13.8 Å². The number of ether oxygens (including phenoxy) is 2. The van der Waals surface area contributed by atoms with E-state index < -0.39 is 54.7 Å². The van der Waals surface area contributed by atoms with Crippen LogP contribution in [-0.2, 0) is 32.3 Å². The van der Waals surface area contributed by atoms with Crippen LogP contribution in [0.25, 0.3) is 0 Å². The summed E-state index contributed by atoms with van der Waals surface area (Å²) in [6, 6.07) is 11.0. The summed E-state index contributed by atoms with van der Waals surface area (Å²) >= 11 is 0. The van der Waals surface area contributed by atoms with E-state index in [0.717, 1.165) is 44.9 Å². The van der Waals surface area contributed by atoms with Crippen molar-refractivity contribution in [3.63, 3.8) is 0 Å². The van der Waals surface area contributed by atoms with Crippen molar-refractivity contribution in [3.8, 4) is 0 Å². The van der Waals surface area contributed by atoms with Crippen LogP contribution in [0.2, 0.25) is 61.4 Å². The summed E-state index contributed by atoms with van der Waals surface area (Å²) in [7, 11) is -10.5. The molecule has 1 aromatic rings. The first kappa shape index (κ1) is 59.4. The van der Waals surface area contributed by atoms with Crippen molar-refractivity contribution in [1.82, 2.24) is 0 Å². The van der Waals surface area contributed by atoms with Gasteiger partial charge in [0.1, 0.15) is 11.7 Å². The number of esters is 2. The molecule has 0 aliphatic carbocycles. The van der Waals surface area contributed by atoms with Gasteiger partial charge in [-0.3, -0.25) is 0 Å². The van der Waals surface area contributed by atoms with Gasteiger partial charge >= 0.3 is 11.9 Å². The maximum atomic E-state index is 12.9. The van der Waals surface area contributed by atoms with E-state index in [9.17, 15) is 9.59 Å². The Hall–Kier alpha value is -1.61. The van der Waals surface area contributed by atoms with Crippen LogP contribution in [0.4, 0.5) is 0 Å². The Bertz CT molecular complexity index is 1700. The molecule has 1 aromatic carbocycles. The topological polar surface area (TPSA) is 80.3 Å². The predicted octanol–water partition coefficient (Wildman–Crippen LogP) is 14.9. The van der Waals surface area contributed by atoms with Crippen LogP contribution in [0.15, 0.2) is 54.6 Å². The average Bonchev–Trinajstić information content (AvgIpc) is 3.22. The van der Waals surface area contributed by atoms with Crippen LogP contribution in [0.3, 0.4) is 0 Å². The normalized spacial score (nSPS) is 20.5. The average molecular weight is 948 g/mol. The number of carbonyl (C=O) groups excluding carboxylic acids is 2. The monoisotopic (exact) mass is 947 g/mol. The minimum atomic E-state index is -2.88. The van der Waals surface area contributed by atoms with Gasteiger partial charge in [-0.05, 0) is 134 Å². The zero-order chi connectivity index (χ0) is 49.5. The molecule has 0 aliphatic rings. The summed E-state index contributed by atoms with van der Waals surface area (Å²) in [6.07, 6.45) is 7.15. The first-order valence-electron chi connectivity index (χ1n) is 24.5. The third kappa shape index (κ3) is 12.9. The summed E-state index contributed by atoms with van der Waals surface area (Å²) in [5, 5.41) is 0.0794. The fourth-order valence-electron chi connectivity index (χ4n) is 9.96. The molecule has 7 nitrogen and oxygen atoms in total. The minimum absolute atomic E-state index is 0.0631.